The minimum absolute atomic E-state index is 0.300. The van der Waals surface area contributed by atoms with Gasteiger partial charge < -0.3 is 10.2 Å². The van der Waals surface area contributed by atoms with E-state index in [4.69, 9.17) is 0 Å². The number of nitrogens with one attached hydrogen (secondary N) is 1. The maximum atomic E-state index is 12.7. The molecule has 2 unspecified atom stereocenters. The van der Waals surface area contributed by atoms with Gasteiger partial charge in [-0.1, -0.05) is 0 Å². The van der Waals surface area contributed by atoms with Gasteiger partial charge in [0.25, 0.3) is 0 Å². The zero-order chi connectivity index (χ0) is 12.6. The van der Waals surface area contributed by atoms with E-state index in [9.17, 15) is 4.79 Å². The summed E-state index contributed by atoms with van der Waals surface area (Å²) in [6, 6.07) is 2.47. The second-order valence-electron chi connectivity index (χ2n) is 5.58. The molecule has 0 bridgehead atoms. The number of likely N-dealkylation sites (tertiary alicyclic amines) is 1. The Balaban J connectivity index is 1.80. The largest absolute Gasteiger partial charge is 0.334 e. The highest BCUT2D eigenvalue weighted by Crippen LogP contribution is 2.36. The predicted octanol–water partition coefficient (Wildman–Crippen LogP) is 2.55. The van der Waals surface area contributed by atoms with Gasteiger partial charge in [-0.05, 0) is 61.5 Å². The Bertz CT molecular complexity index is 423. The Labute approximate surface area is 112 Å². The van der Waals surface area contributed by atoms with Crippen molar-refractivity contribution in [1.82, 2.24) is 10.2 Å². The van der Waals surface area contributed by atoms with Gasteiger partial charge in [-0.2, -0.15) is 11.3 Å². The normalized spacial score (nSPS) is 32.1. The van der Waals surface area contributed by atoms with Crippen LogP contribution in [0, 0.1) is 0 Å². The number of carbonyl (C=O) groups is 1. The Morgan fingerprint density at radius 1 is 1.56 bits per heavy atom. The molecule has 3 nitrogen and oxygen atoms in total. The van der Waals surface area contributed by atoms with Crippen LogP contribution in [0.1, 0.15) is 44.2 Å². The number of carbonyl (C=O) groups excluding carboxylic acids is 1. The summed E-state index contributed by atoms with van der Waals surface area (Å²) in [5.74, 6) is 0.300. The molecule has 1 aromatic heterocycles. The standard InChI is InChI=1S/C14H20N2OS/c1-14(6-3-7-15-14)13(17)16-8-2-4-12(16)11-5-9-18-10-11/h5,9-10,12,15H,2-4,6-8H2,1H3. The number of hydrogen-bond acceptors (Lipinski definition) is 3. The fourth-order valence-corrected chi connectivity index (χ4v) is 3.92. The molecular formula is C14H20N2OS. The molecule has 18 heavy (non-hydrogen) atoms. The van der Waals surface area contributed by atoms with Gasteiger partial charge in [-0.25, -0.2) is 0 Å². The topological polar surface area (TPSA) is 32.3 Å². The quantitative estimate of drug-likeness (QED) is 0.890. The van der Waals surface area contributed by atoms with E-state index in [2.05, 4.69) is 34.0 Å². The van der Waals surface area contributed by atoms with Gasteiger partial charge in [-0.3, -0.25) is 4.79 Å². The Morgan fingerprint density at radius 3 is 3.11 bits per heavy atom. The summed E-state index contributed by atoms with van der Waals surface area (Å²) in [5, 5.41) is 7.67. The van der Waals surface area contributed by atoms with E-state index < -0.39 is 0 Å². The zero-order valence-corrected chi connectivity index (χ0v) is 11.6. The molecule has 1 aromatic rings. The molecule has 2 saturated heterocycles. The predicted molar refractivity (Wildman–Crippen MR) is 73.6 cm³/mol. The van der Waals surface area contributed by atoms with Crippen molar-refractivity contribution in [2.75, 3.05) is 13.1 Å². The first kappa shape index (κ1) is 12.2. The highest BCUT2D eigenvalue weighted by molar-refractivity contribution is 7.07. The third-order valence-corrected chi connectivity index (χ3v) is 4.98. The van der Waals surface area contributed by atoms with Crippen LogP contribution in [0.4, 0.5) is 0 Å². The molecule has 98 valence electrons. The summed E-state index contributed by atoms with van der Waals surface area (Å²) < 4.78 is 0. The molecule has 2 aliphatic rings. The molecule has 2 atom stereocenters. The molecule has 0 aromatic carbocycles. The molecule has 4 heteroatoms. The first-order valence-corrected chi connectivity index (χ1v) is 7.73. The number of thiophene rings is 1. The first-order chi connectivity index (χ1) is 8.71. The summed E-state index contributed by atoms with van der Waals surface area (Å²) in [5.41, 5.74) is 0.992. The van der Waals surface area contributed by atoms with Crippen molar-refractivity contribution in [1.29, 1.82) is 0 Å². The molecule has 2 aliphatic heterocycles. The highest BCUT2D eigenvalue weighted by Gasteiger charge is 2.42. The van der Waals surface area contributed by atoms with Crippen molar-refractivity contribution >= 4 is 17.2 Å². The smallest absolute Gasteiger partial charge is 0.243 e. The van der Waals surface area contributed by atoms with E-state index in [0.29, 0.717) is 11.9 Å². The second-order valence-corrected chi connectivity index (χ2v) is 6.36. The van der Waals surface area contributed by atoms with E-state index in [1.807, 2.05) is 0 Å². The summed E-state index contributed by atoms with van der Waals surface area (Å²) in [6.45, 7) is 3.95. The van der Waals surface area contributed by atoms with Gasteiger partial charge >= 0.3 is 0 Å². The lowest BCUT2D eigenvalue weighted by Gasteiger charge is -2.33. The van der Waals surface area contributed by atoms with E-state index in [1.54, 1.807) is 11.3 Å². The summed E-state index contributed by atoms with van der Waals surface area (Å²) >= 11 is 1.72. The van der Waals surface area contributed by atoms with E-state index in [-0.39, 0.29) is 5.54 Å². The molecule has 3 rings (SSSR count). The summed E-state index contributed by atoms with van der Waals surface area (Å²) in [7, 11) is 0. The van der Waals surface area contributed by atoms with Crippen LogP contribution >= 0.6 is 11.3 Å². The van der Waals surface area contributed by atoms with Crippen molar-refractivity contribution in [2.45, 2.75) is 44.2 Å². The fourth-order valence-electron chi connectivity index (χ4n) is 3.22. The van der Waals surface area contributed by atoms with Crippen LogP contribution in [-0.4, -0.2) is 29.4 Å². The van der Waals surface area contributed by atoms with Crippen LogP contribution in [0.25, 0.3) is 0 Å². The molecule has 2 fully saturated rings. The van der Waals surface area contributed by atoms with Gasteiger partial charge in [0.2, 0.25) is 5.91 Å². The van der Waals surface area contributed by atoms with Crippen LogP contribution in [-0.2, 0) is 4.79 Å². The average molecular weight is 264 g/mol. The van der Waals surface area contributed by atoms with Gasteiger partial charge in [0.15, 0.2) is 0 Å². The van der Waals surface area contributed by atoms with Gasteiger partial charge in [0.05, 0.1) is 11.6 Å². The number of amides is 1. The molecule has 1 N–H and O–H groups in total. The molecule has 0 aliphatic carbocycles. The van der Waals surface area contributed by atoms with E-state index in [0.717, 1.165) is 38.8 Å². The average Bonchev–Trinajstić information content (AvgIpc) is 3.09. The fraction of sp³-hybridized carbons (Fsp3) is 0.643. The van der Waals surface area contributed by atoms with E-state index in [1.165, 1.54) is 5.56 Å². The highest BCUT2D eigenvalue weighted by atomic mass is 32.1. The zero-order valence-electron chi connectivity index (χ0n) is 10.8. The maximum absolute atomic E-state index is 12.7. The van der Waals surface area contributed by atoms with E-state index >= 15 is 0 Å². The number of nitrogens with zero attached hydrogens (tertiary/aromatic N) is 1. The third-order valence-electron chi connectivity index (χ3n) is 4.28. The summed E-state index contributed by atoms with van der Waals surface area (Å²) in [4.78, 5) is 14.8. The minimum atomic E-state index is -0.321. The lowest BCUT2D eigenvalue weighted by atomic mass is 9.97. The van der Waals surface area contributed by atoms with Crippen molar-refractivity contribution in [3.8, 4) is 0 Å². The monoisotopic (exact) mass is 264 g/mol. The maximum Gasteiger partial charge on any atom is 0.243 e. The molecule has 0 spiro atoms. The number of hydrogen-bond donors (Lipinski definition) is 1. The lowest BCUT2D eigenvalue weighted by molar-refractivity contribution is -0.138. The van der Waals surface area contributed by atoms with Gasteiger partial charge in [-0.15, -0.1) is 0 Å². The Kier molecular flexibility index (Phi) is 3.16. The van der Waals surface area contributed by atoms with Crippen molar-refractivity contribution in [3.63, 3.8) is 0 Å². The SMILES string of the molecule is CC1(C(=O)N2CCCC2c2ccsc2)CCCN1. The lowest BCUT2D eigenvalue weighted by Crippen LogP contribution is -2.52. The number of rotatable bonds is 2. The molecule has 1 amide bonds. The third kappa shape index (κ3) is 1.97. The van der Waals surface area contributed by atoms with Crippen LogP contribution in [0.5, 0.6) is 0 Å². The molecule has 0 saturated carbocycles. The molecule has 3 heterocycles. The van der Waals surface area contributed by atoms with Crippen LogP contribution in [0.2, 0.25) is 0 Å². The van der Waals surface area contributed by atoms with Crippen LogP contribution in [0.15, 0.2) is 16.8 Å². The van der Waals surface area contributed by atoms with Crippen molar-refractivity contribution in [2.24, 2.45) is 0 Å². The van der Waals surface area contributed by atoms with Crippen molar-refractivity contribution in [3.05, 3.63) is 22.4 Å². The summed E-state index contributed by atoms with van der Waals surface area (Å²) in [6.07, 6.45) is 4.32. The molecule has 0 radical (unpaired) electrons. The first-order valence-electron chi connectivity index (χ1n) is 6.79. The minimum Gasteiger partial charge on any atom is -0.334 e. The van der Waals surface area contributed by atoms with Gasteiger partial charge in [0.1, 0.15) is 0 Å². The Morgan fingerprint density at radius 2 is 2.44 bits per heavy atom. The van der Waals surface area contributed by atoms with Crippen LogP contribution in [0.3, 0.4) is 0 Å². The van der Waals surface area contributed by atoms with Crippen LogP contribution < -0.4 is 5.32 Å². The van der Waals surface area contributed by atoms with Gasteiger partial charge in [0, 0.05) is 6.54 Å². The second kappa shape index (κ2) is 4.67. The molecular weight excluding hydrogens is 244 g/mol. The van der Waals surface area contributed by atoms with Crippen molar-refractivity contribution < 1.29 is 4.79 Å². The Hall–Kier alpha value is -0.870.